The number of thiazole rings is 1. The van der Waals surface area contributed by atoms with E-state index in [0.717, 1.165) is 16.7 Å². The number of esters is 1. The van der Waals surface area contributed by atoms with Crippen molar-refractivity contribution in [1.29, 1.82) is 0 Å². The van der Waals surface area contributed by atoms with Crippen molar-refractivity contribution in [3.8, 4) is 11.5 Å². The van der Waals surface area contributed by atoms with Gasteiger partial charge in [-0.15, -0.1) is 0 Å². The molecular weight excluding hydrogens is 628 g/mol. The number of allylic oxidation sites excluding steroid dienone is 1. The lowest BCUT2D eigenvalue weighted by atomic mass is 9.96. The number of carbonyl (C=O) groups excluding carboxylic acids is 1. The molecule has 0 spiro atoms. The number of carbonyl (C=O) groups is 1. The van der Waals surface area contributed by atoms with Crippen LogP contribution in [0.25, 0.3) is 6.08 Å². The van der Waals surface area contributed by atoms with Gasteiger partial charge in [0, 0.05) is 5.02 Å². The van der Waals surface area contributed by atoms with E-state index < -0.39 is 12.0 Å². The lowest BCUT2D eigenvalue weighted by Crippen LogP contribution is -2.39. The number of fused-ring (bicyclic) bond motifs is 1. The second-order valence-corrected chi connectivity index (χ2v) is 11.5. The van der Waals surface area contributed by atoms with Crippen LogP contribution < -0.4 is 24.4 Å². The van der Waals surface area contributed by atoms with Gasteiger partial charge < -0.3 is 14.2 Å². The van der Waals surface area contributed by atoms with Crippen LogP contribution in [0.15, 0.2) is 92.3 Å². The van der Waals surface area contributed by atoms with E-state index in [-0.39, 0.29) is 12.2 Å². The molecule has 1 aliphatic rings. The predicted octanol–water partition coefficient (Wildman–Crippen LogP) is 5.80. The van der Waals surface area contributed by atoms with E-state index in [2.05, 4.69) is 20.9 Å². The number of aromatic nitrogens is 1. The van der Waals surface area contributed by atoms with Crippen molar-refractivity contribution in [3.63, 3.8) is 0 Å². The van der Waals surface area contributed by atoms with E-state index in [1.807, 2.05) is 66.7 Å². The fourth-order valence-corrected chi connectivity index (χ4v) is 6.25. The number of methoxy groups -OCH3 is 1. The molecule has 0 N–H and O–H groups in total. The van der Waals surface area contributed by atoms with E-state index >= 15 is 0 Å². The van der Waals surface area contributed by atoms with Crippen LogP contribution >= 0.6 is 38.9 Å². The van der Waals surface area contributed by atoms with Crippen molar-refractivity contribution in [1.82, 2.24) is 4.57 Å². The minimum absolute atomic E-state index is 0.207. The smallest absolute Gasteiger partial charge is 0.338 e. The first kappa shape index (κ1) is 28.9. The van der Waals surface area contributed by atoms with Crippen molar-refractivity contribution in [2.45, 2.75) is 26.5 Å². The molecule has 1 aliphatic heterocycles. The van der Waals surface area contributed by atoms with Crippen LogP contribution in [-0.4, -0.2) is 24.3 Å². The maximum absolute atomic E-state index is 13.8. The van der Waals surface area contributed by atoms with Gasteiger partial charge in [0.1, 0.15) is 18.1 Å². The second kappa shape index (κ2) is 12.5. The molecule has 4 aromatic rings. The monoisotopic (exact) mass is 652 g/mol. The summed E-state index contributed by atoms with van der Waals surface area (Å²) >= 11 is 10.8. The first-order chi connectivity index (χ1) is 19.8. The lowest BCUT2D eigenvalue weighted by Gasteiger charge is -2.25. The van der Waals surface area contributed by atoms with Gasteiger partial charge in [0.05, 0.1) is 40.0 Å². The van der Waals surface area contributed by atoms with Crippen LogP contribution in [0.3, 0.4) is 0 Å². The highest BCUT2D eigenvalue weighted by atomic mass is 79.9. The number of halogens is 2. The number of rotatable bonds is 8. The predicted molar refractivity (Wildman–Crippen MR) is 163 cm³/mol. The Kier molecular flexibility index (Phi) is 8.77. The molecule has 5 rings (SSSR count). The second-order valence-electron chi connectivity index (χ2n) is 9.18. The van der Waals surface area contributed by atoms with E-state index in [1.54, 1.807) is 31.6 Å². The van der Waals surface area contributed by atoms with Gasteiger partial charge in [-0.1, -0.05) is 53.3 Å². The van der Waals surface area contributed by atoms with Crippen molar-refractivity contribution >= 4 is 50.9 Å². The fourth-order valence-electron chi connectivity index (χ4n) is 4.52. The van der Waals surface area contributed by atoms with E-state index in [0.29, 0.717) is 48.2 Å². The molecule has 0 saturated carbocycles. The molecule has 0 saturated heterocycles. The SMILES string of the molecule is CCOC(=O)C1=C(C)N=c2s/c(=C\c3ccc(OCc4ccc(Cl)cc4)cc3)c(=O)n2C1c1ccc(OC)c(Br)c1. The standard InChI is InChI=1S/C31H26BrClN2O5S/c1-4-39-30(37)27-18(2)34-31-35(28(27)21-9-14-25(38-3)24(32)16-21)29(36)26(41-31)15-19-7-12-23(13-8-19)40-17-20-5-10-22(33)11-6-20/h5-16,28H,4,17H2,1-3H3/b26-15-. The Morgan fingerprint density at radius 1 is 1.12 bits per heavy atom. The summed E-state index contributed by atoms with van der Waals surface area (Å²) in [6, 6.07) is 19.8. The van der Waals surface area contributed by atoms with Gasteiger partial charge in [0.25, 0.3) is 5.56 Å². The normalized spacial score (nSPS) is 14.9. The molecule has 1 unspecified atom stereocenters. The third-order valence-electron chi connectivity index (χ3n) is 6.51. The van der Waals surface area contributed by atoms with Gasteiger partial charge in [-0.3, -0.25) is 9.36 Å². The average Bonchev–Trinajstić information content (AvgIpc) is 3.26. The van der Waals surface area contributed by atoms with Crippen LogP contribution in [0.2, 0.25) is 5.02 Å². The Morgan fingerprint density at radius 3 is 2.51 bits per heavy atom. The van der Waals surface area contributed by atoms with Crippen molar-refractivity contribution in [2.24, 2.45) is 4.99 Å². The minimum atomic E-state index is -0.710. The minimum Gasteiger partial charge on any atom is -0.496 e. The molecule has 41 heavy (non-hydrogen) atoms. The molecule has 1 aromatic heterocycles. The third kappa shape index (κ3) is 6.17. The van der Waals surface area contributed by atoms with Crippen LogP contribution in [0, 0.1) is 0 Å². The molecule has 0 bridgehead atoms. The van der Waals surface area contributed by atoms with Crippen LogP contribution in [0.5, 0.6) is 11.5 Å². The number of hydrogen-bond donors (Lipinski definition) is 0. The third-order valence-corrected chi connectivity index (χ3v) is 8.36. The van der Waals surface area contributed by atoms with Gasteiger partial charge in [-0.25, -0.2) is 9.79 Å². The zero-order valence-electron chi connectivity index (χ0n) is 22.5. The Balaban J connectivity index is 1.51. The topological polar surface area (TPSA) is 79.1 Å². The summed E-state index contributed by atoms with van der Waals surface area (Å²) in [5, 5.41) is 0.679. The fraction of sp³-hybridized carbons (Fsp3) is 0.194. The van der Waals surface area contributed by atoms with Crippen LogP contribution in [0.4, 0.5) is 0 Å². The first-order valence-electron chi connectivity index (χ1n) is 12.8. The summed E-state index contributed by atoms with van der Waals surface area (Å²) in [4.78, 5) is 32.1. The largest absolute Gasteiger partial charge is 0.496 e. The molecule has 0 radical (unpaired) electrons. The highest BCUT2D eigenvalue weighted by molar-refractivity contribution is 9.10. The zero-order valence-corrected chi connectivity index (χ0v) is 25.7. The zero-order chi connectivity index (χ0) is 29.1. The van der Waals surface area contributed by atoms with Crippen LogP contribution in [-0.2, 0) is 16.1 Å². The molecule has 3 aromatic carbocycles. The Labute approximate surface area is 254 Å². The number of hydrogen-bond acceptors (Lipinski definition) is 7. The van der Waals surface area contributed by atoms with E-state index in [1.165, 1.54) is 11.3 Å². The molecule has 2 heterocycles. The molecule has 10 heteroatoms. The van der Waals surface area contributed by atoms with Gasteiger partial charge in [-0.05, 0) is 88.9 Å². The highest BCUT2D eigenvalue weighted by Gasteiger charge is 2.33. The summed E-state index contributed by atoms with van der Waals surface area (Å²) in [5.74, 6) is 0.840. The average molecular weight is 654 g/mol. The van der Waals surface area contributed by atoms with Gasteiger partial charge in [-0.2, -0.15) is 0 Å². The number of benzene rings is 3. The maximum Gasteiger partial charge on any atom is 0.338 e. The summed E-state index contributed by atoms with van der Waals surface area (Å²) in [6.07, 6.45) is 1.82. The van der Waals surface area contributed by atoms with Gasteiger partial charge >= 0.3 is 5.97 Å². The number of ether oxygens (including phenoxy) is 3. The molecular formula is C31H26BrClN2O5S. The summed E-state index contributed by atoms with van der Waals surface area (Å²) in [6.45, 7) is 4.13. The first-order valence-corrected chi connectivity index (χ1v) is 14.8. The summed E-state index contributed by atoms with van der Waals surface area (Å²) in [5.41, 5.74) is 3.16. The van der Waals surface area contributed by atoms with Crippen LogP contribution in [0.1, 0.15) is 36.6 Å². The van der Waals surface area contributed by atoms with E-state index in [9.17, 15) is 9.59 Å². The summed E-state index contributed by atoms with van der Waals surface area (Å²) in [7, 11) is 1.58. The lowest BCUT2D eigenvalue weighted by molar-refractivity contribution is -0.139. The summed E-state index contributed by atoms with van der Waals surface area (Å²) < 4.78 is 19.4. The maximum atomic E-state index is 13.8. The Hall–Kier alpha value is -3.66. The van der Waals surface area contributed by atoms with E-state index in [4.69, 9.17) is 25.8 Å². The highest BCUT2D eigenvalue weighted by Crippen LogP contribution is 2.35. The van der Waals surface area contributed by atoms with Gasteiger partial charge in [0.2, 0.25) is 0 Å². The quantitative estimate of drug-likeness (QED) is 0.225. The Bertz CT molecular complexity index is 1810. The molecule has 0 aliphatic carbocycles. The molecule has 7 nitrogen and oxygen atoms in total. The van der Waals surface area contributed by atoms with Gasteiger partial charge in [0.15, 0.2) is 4.80 Å². The number of nitrogens with zero attached hydrogens (tertiary/aromatic N) is 2. The molecule has 210 valence electrons. The van der Waals surface area contributed by atoms with Crippen molar-refractivity contribution in [2.75, 3.05) is 13.7 Å². The van der Waals surface area contributed by atoms with Crippen molar-refractivity contribution < 1.29 is 19.0 Å². The molecule has 0 amide bonds. The van der Waals surface area contributed by atoms with Crippen molar-refractivity contribution in [3.05, 3.63) is 124 Å². The molecule has 1 atom stereocenters. The Morgan fingerprint density at radius 2 is 1.85 bits per heavy atom. The molecule has 0 fully saturated rings.